The van der Waals surface area contributed by atoms with Gasteiger partial charge in [0.1, 0.15) is 0 Å². The van der Waals surface area contributed by atoms with Gasteiger partial charge in [0.15, 0.2) is 0 Å². The number of thiocarbonyl (C=S) groups is 1. The number of hydrogen-bond donors (Lipinski definition) is 2. The highest BCUT2D eigenvalue weighted by atomic mass is 35.5. The first-order valence-electron chi connectivity index (χ1n) is 4.87. The summed E-state index contributed by atoms with van der Waals surface area (Å²) < 4.78 is 0. The topological polar surface area (TPSA) is 39.7 Å². The van der Waals surface area contributed by atoms with E-state index in [0.717, 1.165) is 6.54 Å². The van der Waals surface area contributed by atoms with Gasteiger partial charge in [0.25, 0.3) is 5.11 Å². The van der Waals surface area contributed by atoms with E-state index in [-0.39, 0.29) is 12.4 Å². The molecule has 0 spiro atoms. The summed E-state index contributed by atoms with van der Waals surface area (Å²) in [5, 5.41) is 3.73. The van der Waals surface area contributed by atoms with Crippen molar-refractivity contribution in [3.8, 4) is 0 Å². The molecule has 0 radical (unpaired) electrons. The molecule has 80 valence electrons. The number of halogens is 1. The van der Waals surface area contributed by atoms with Crippen LogP contribution in [0.25, 0.3) is 0 Å². The van der Waals surface area contributed by atoms with E-state index in [1.54, 1.807) is 0 Å². The van der Waals surface area contributed by atoms with Crippen molar-refractivity contribution in [3.05, 3.63) is 0 Å². The van der Waals surface area contributed by atoms with Gasteiger partial charge in [-0.2, -0.15) is 0 Å². The first kappa shape index (κ1) is 15.6. The molecule has 0 heterocycles. The van der Waals surface area contributed by atoms with Gasteiger partial charge in [-0.1, -0.05) is 39.0 Å². The van der Waals surface area contributed by atoms with Crippen molar-refractivity contribution in [2.75, 3.05) is 6.54 Å². The Morgan fingerprint density at radius 2 is 1.69 bits per heavy atom. The van der Waals surface area contributed by atoms with E-state index in [1.807, 2.05) is 0 Å². The van der Waals surface area contributed by atoms with Crippen LogP contribution in [0, 0.1) is 0 Å². The summed E-state index contributed by atoms with van der Waals surface area (Å²) in [5.41, 5.74) is 3.61. The molecule has 0 unspecified atom stereocenters. The fourth-order valence-electron chi connectivity index (χ4n) is 1.13. The van der Waals surface area contributed by atoms with Crippen LogP contribution < -0.4 is 23.5 Å². The molecular formula is C9H21ClN2S. The molecule has 0 rings (SSSR count). The van der Waals surface area contributed by atoms with Crippen LogP contribution in [0.5, 0.6) is 0 Å². The minimum Gasteiger partial charge on any atom is -1.00 e. The lowest BCUT2D eigenvalue weighted by molar-refractivity contribution is -0.215. The summed E-state index contributed by atoms with van der Waals surface area (Å²) in [6, 6.07) is 0. The van der Waals surface area contributed by atoms with E-state index < -0.39 is 0 Å². The fraction of sp³-hybridized carbons (Fsp3) is 0.889. The standard InChI is InChI=1S/C9H20N2S.ClH/c1-2-3-4-5-6-7-8-11-9(10)12;/h2-8H2,1H3,(H3,10,11,12);1H. The Kier molecular flexibility index (Phi) is 14.6. The maximum absolute atomic E-state index is 4.79. The Hall–Kier alpha value is 0.140. The maximum atomic E-state index is 4.79. The molecule has 0 saturated heterocycles. The van der Waals surface area contributed by atoms with Crippen molar-refractivity contribution in [1.29, 1.82) is 0 Å². The van der Waals surface area contributed by atoms with Crippen LogP contribution in [0.3, 0.4) is 0 Å². The normalized spacial score (nSPS) is 9.08. The van der Waals surface area contributed by atoms with Crippen molar-refractivity contribution in [2.24, 2.45) is 0 Å². The van der Waals surface area contributed by atoms with Gasteiger partial charge in [0, 0.05) is 18.8 Å². The van der Waals surface area contributed by atoms with Crippen LogP contribution in [0.15, 0.2) is 0 Å². The zero-order valence-electron chi connectivity index (χ0n) is 8.44. The third-order valence-electron chi connectivity index (χ3n) is 1.85. The third kappa shape index (κ3) is 14.9. The minimum absolute atomic E-state index is 0. The van der Waals surface area contributed by atoms with E-state index in [1.165, 1.54) is 38.5 Å². The number of hydrogen-bond acceptors (Lipinski definition) is 1. The van der Waals surface area contributed by atoms with Crippen LogP contribution in [0.2, 0.25) is 0 Å². The van der Waals surface area contributed by atoms with E-state index in [4.69, 9.17) is 12.2 Å². The number of nitrogens with one attached hydrogen (secondary N) is 1. The number of unbranched alkanes of at least 4 members (excludes halogenated alkanes) is 5. The Balaban J connectivity index is 0. The van der Waals surface area contributed by atoms with Gasteiger partial charge in [0.2, 0.25) is 0 Å². The molecule has 0 atom stereocenters. The predicted octanol–water partition coefficient (Wildman–Crippen LogP) is -1.53. The largest absolute Gasteiger partial charge is 1.00 e. The van der Waals surface area contributed by atoms with Gasteiger partial charge in [-0.3, -0.25) is 0 Å². The van der Waals surface area contributed by atoms with Crippen LogP contribution >= 0.6 is 12.2 Å². The van der Waals surface area contributed by atoms with Gasteiger partial charge in [-0.05, 0) is 6.42 Å². The molecular weight excluding hydrogens is 204 g/mol. The molecule has 0 amide bonds. The highest BCUT2D eigenvalue weighted by molar-refractivity contribution is 7.79. The zero-order chi connectivity index (χ0) is 9.23. The number of rotatable bonds is 7. The molecule has 0 saturated carbocycles. The second-order valence-electron chi connectivity index (χ2n) is 3.12. The first-order chi connectivity index (χ1) is 5.77. The Morgan fingerprint density at radius 3 is 2.23 bits per heavy atom. The van der Waals surface area contributed by atoms with Crippen molar-refractivity contribution < 1.29 is 18.1 Å². The zero-order valence-corrected chi connectivity index (χ0v) is 10.0. The van der Waals surface area contributed by atoms with Gasteiger partial charge >= 0.3 is 0 Å². The van der Waals surface area contributed by atoms with E-state index >= 15 is 0 Å². The van der Waals surface area contributed by atoms with E-state index in [9.17, 15) is 0 Å². The lowest BCUT2D eigenvalue weighted by Gasteiger charge is -2.00. The van der Waals surface area contributed by atoms with Crippen molar-refractivity contribution in [1.82, 2.24) is 5.32 Å². The molecule has 0 fully saturated rings. The van der Waals surface area contributed by atoms with Crippen LogP contribution in [-0.4, -0.2) is 11.7 Å². The van der Waals surface area contributed by atoms with E-state index in [2.05, 4.69) is 18.0 Å². The van der Waals surface area contributed by atoms with Crippen molar-refractivity contribution in [3.63, 3.8) is 0 Å². The van der Waals surface area contributed by atoms with Crippen LogP contribution in [0.4, 0.5) is 0 Å². The maximum Gasteiger partial charge on any atom is 0.264 e. The third-order valence-corrected chi connectivity index (χ3v) is 2.00. The highest BCUT2D eigenvalue weighted by Gasteiger charge is 1.91. The molecule has 0 aliphatic rings. The molecule has 0 aliphatic heterocycles. The predicted molar refractivity (Wildman–Crippen MR) is 56.9 cm³/mol. The second kappa shape index (κ2) is 12.1. The van der Waals surface area contributed by atoms with Crippen molar-refractivity contribution >= 4 is 17.3 Å². The minimum atomic E-state index is 0. The summed E-state index contributed by atoms with van der Waals surface area (Å²) in [5.74, 6) is 0. The lowest BCUT2D eigenvalue weighted by Crippen LogP contribution is -3.00. The van der Waals surface area contributed by atoms with Gasteiger partial charge in [-0.25, -0.2) is 0 Å². The molecule has 0 aromatic rings. The number of quaternary nitrogens is 1. The van der Waals surface area contributed by atoms with Gasteiger partial charge in [0.05, 0.1) is 0 Å². The molecule has 4 N–H and O–H groups in total. The Labute approximate surface area is 93.1 Å². The summed E-state index contributed by atoms with van der Waals surface area (Å²) in [6.07, 6.45) is 7.97. The summed E-state index contributed by atoms with van der Waals surface area (Å²) >= 11 is 4.79. The lowest BCUT2D eigenvalue weighted by atomic mass is 10.1. The van der Waals surface area contributed by atoms with Gasteiger partial charge < -0.3 is 23.5 Å². The highest BCUT2D eigenvalue weighted by Crippen LogP contribution is 2.03. The van der Waals surface area contributed by atoms with Gasteiger partial charge in [-0.15, -0.1) is 0 Å². The Morgan fingerprint density at radius 1 is 1.15 bits per heavy atom. The smallest absolute Gasteiger partial charge is 0.264 e. The van der Waals surface area contributed by atoms with E-state index in [0.29, 0.717) is 5.11 Å². The molecule has 0 aromatic carbocycles. The van der Waals surface area contributed by atoms with Crippen LogP contribution in [0.1, 0.15) is 45.4 Å². The summed E-state index contributed by atoms with van der Waals surface area (Å²) in [7, 11) is 0. The average Bonchev–Trinajstić information content (AvgIpc) is 2.02. The molecule has 0 aromatic heterocycles. The second-order valence-corrected chi connectivity index (χ2v) is 3.61. The molecule has 0 aliphatic carbocycles. The molecule has 13 heavy (non-hydrogen) atoms. The quantitative estimate of drug-likeness (QED) is 0.407. The average molecular weight is 225 g/mol. The van der Waals surface area contributed by atoms with Crippen molar-refractivity contribution in [2.45, 2.75) is 45.4 Å². The summed E-state index contributed by atoms with van der Waals surface area (Å²) in [4.78, 5) is 0. The molecule has 2 nitrogen and oxygen atoms in total. The SMILES string of the molecule is CCCCCCCCNC([NH3+])=S.[Cl-]. The Bertz CT molecular complexity index is 120. The first-order valence-corrected chi connectivity index (χ1v) is 5.28. The van der Waals surface area contributed by atoms with Crippen LogP contribution in [-0.2, 0) is 0 Å². The monoisotopic (exact) mass is 224 g/mol. The molecule has 4 heteroatoms. The summed E-state index contributed by atoms with van der Waals surface area (Å²) in [6.45, 7) is 3.23. The molecule has 0 bridgehead atoms. The fourth-order valence-corrected chi connectivity index (χ4v) is 1.24.